The number of likely N-dealkylation sites (tertiary alicyclic amines) is 1. The molecule has 0 aromatic heterocycles. The first kappa shape index (κ1) is 23.5. The lowest BCUT2D eigenvalue weighted by atomic mass is 9.72. The van der Waals surface area contributed by atoms with Gasteiger partial charge in [0.25, 0.3) is 0 Å². The molecule has 1 heterocycles. The van der Waals surface area contributed by atoms with Crippen molar-refractivity contribution < 1.29 is 5.11 Å². The van der Waals surface area contributed by atoms with E-state index in [0.717, 1.165) is 54.3 Å². The minimum atomic E-state index is -1.00. The Morgan fingerprint density at radius 1 is 0.909 bits per heavy atom. The van der Waals surface area contributed by atoms with Gasteiger partial charge in [-0.25, -0.2) is 0 Å². The summed E-state index contributed by atoms with van der Waals surface area (Å²) in [7, 11) is 0. The highest BCUT2D eigenvalue weighted by Crippen LogP contribution is 2.41. The van der Waals surface area contributed by atoms with Crippen LogP contribution in [-0.2, 0) is 12.0 Å². The Labute approximate surface area is 203 Å². The van der Waals surface area contributed by atoms with Gasteiger partial charge in [0.2, 0.25) is 0 Å². The molecule has 0 bridgehead atoms. The summed E-state index contributed by atoms with van der Waals surface area (Å²) in [5, 5.41) is 16.2. The number of nitrogens with one attached hydrogen (secondary N) is 1. The van der Waals surface area contributed by atoms with Crippen LogP contribution in [0, 0.1) is 5.92 Å². The minimum Gasteiger partial charge on any atom is -0.380 e. The van der Waals surface area contributed by atoms with Crippen molar-refractivity contribution in [2.45, 2.75) is 44.6 Å². The molecule has 0 saturated carbocycles. The Balaban J connectivity index is 1.42. The van der Waals surface area contributed by atoms with Crippen molar-refractivity contribution in [2.24, 2.45) is 5.92 Å². The van der Waals surface area contributed by atoms with Gasteiger partial charge in [0.15, 0.2) is 5.11 Å². The standard InChI is InChI=1S/C29H34N2OS/c1-2-3-10-23-15-17-27(18-16-23)30-28(33)31-21-19-26(20-22-31)29(32,24-11-6-4-7-12-24)25-13-8-5-9-14-25/h4-9,11-18,26,32H,2-3,10,19-22H2,1H3,(H,30,33). The molecule has 0 spiro atoms. The molecule has 4 rings (SSSR count). The molecule has 1 saturated heterocycles. The zero-order chi connectivity index (χ0) is 23.1. The summed E-state index contributed by atoms with van der Waals surface area (Å²) in [5.74, 6) is 0.124. The predicted molar refractivity (Wildman–Crippen MR) is 141 cm³/mol. The summed E-state index contributed by atoms with van der Waals surface area (Å²) in [4.78, 5) is 2.23. The fourth-order valence-electron chi connectivity index (χ4n) is 4.86. The van der Waals surface area contributed by atoms with E-state index >= 15 is 0 Å². The molecule has 3 nitrogen and oxygen atoms in total. The van der Waals surface area contributed by atoms with E-state index in [1.165, 1.54) is 18.4 Å². The summed E-state index contributed by atoms with van der Waals surface area (Å²) < 4.78 is 0. The largest absolute Gasteiger partial charge is 0.380 e. The molecule has 0 aliphatic carbocycles. The third-order valence-electron chi connectivity index (χ3n) is 6.82. The number of thiocarbonyl (C=S) groups is 1. The van der Waals surface area contributed by atoms with Crippen LogP contribution in [0.3, 0.4) is 0 Å². The van der Waals surface area contributed by atoms with E-state index in [0.29, 0.717) is 0 Å². The zero-order valence-electron chi connectivity index (χ0n) is 19.4. The molecule has 4 heteroatoms. The van der Waals surface area contributed by atoms with E-state index in [1.807, 2.05) is 60.7 Å². The number of unbranched alkanes of at least 4 members (excludes halogenated alkanes) is 1. The van der Waals surface area contributed by atoms with Gasteiger partial charge in [-0.1, -0.05) is 86.1 Å². The summed E-state index contributed by atoms with van der Waals surface area (Å²) >= 11 is 5.73. The number of nitrogens with zero attached hydrogens (tertiary/aromatic N) is 1. The first-order valence-corrected chi connectivity index (χ1v) is 12.5. The highest BCUT2D eigenvalue weighted by molar-refractivity contribution is 7.80. The summed E-state index contributed by atoms with van der Waals surface area (Å²) in [6.45, 7) is 3.87. The second-order valence-electron chi connectivity index (χ2n) is 8.99. The predicted octanol–water partition coefficient (Wildman–Crippen LogP) is 6.37. The van der Waals surface area contributed by atoms with E-state index in [2.05, 4.69) is 41.4 Å². The smallest absolute Gasteiger partial charge is 0.173 e. The van der Waals surface area contributed by atoms with Crippen LogP contribution in [0.1, 0.15) is 49.3 Å². The molecule has 33 heavy (non-hydrogen) atoms. The van der Waals surface area contributed by atoms with Gasteiger partial charge < -0.3 is 15.3 Å². The molecular formula is C29H34N2OS. The lowest BCUT2D eigenvalue weighted by Crippen LogP contribution is -2.47. The van der Waals surface area contributed by atoms with Crippen LogP contribution in [0.15, 0.2) is 84.9 Å². The second-order valence-corrected chi connectivity index (χ2v) is 9.38. The molecule has 0 radical (unpaired) electrons. The molecule has 0 unspecified atom stereocenters. The van der Waals surface area contributed by atoms with Crippen LogP contribution >= 0.6 is 12.2 Å². The number of piperidine rings is 1. The van der Waals surface area contributed by atoms with Gasteiger partial charge >= 0.3 is 0 Å². The number of rotatable bonds is 7. The van der Waals surface area contributed by atoms with Gasteiger partial charge in [-0.2, -0.15) is 0 Å². The van der Waals surface area contributed by atoms with Crippen LogP contribution in [0.4, 0.5) is 5.69 Å². The number of hydrogen-bond donors (Lipinski definition) is 2. The van der Waals surface area contributed by atoms with E-state index < -0.39 is 5.60 Å². The van der Waals surface area contributed by atoms with Crippen LogP contribution < -0.4 is 5.32 Å². The van der Waals surface area contributed by atoms with Crippen molar-refractivity contribution in [1.29, 1.82) is 0 Å². The van der Waals surface area contributed by atoms with E-state index in [4.69, 9.17) is 12.2 Å². The molecule has 1 fully saturated rings. The molecule has 0 atom stereocenters. The molecule has 0 amide bonds. The average molecular weight is 459 g/mol. The highest BCUT2D eigenvalue weighted by atomic mass is 32.1. The Kier molecular flexibility index (Phi) is 7.79. The van der Waals surface area contributed by atoms with Gasteiger partial charge in [0.05, 0.1) is 0 Å². The van der Waals surface area contributed by atoms with Crippen molar-refractivity contribution in [3.63, 3.8) is 0 Å². The average Bonchev–Trinajstić information content (AvgIpc) is 2.89. The van der Waals surface area contributed by atoms with Gasteiger partial charge in [-0.15, -0.1) is 0 Å². The van der Waals surface area contributed by atoms with Crippen molar-refractivity contribution in [2.75, 3.05) is 18.4 Å². The van der Waals surface area contributed by atoms with Crippen LogP contribution in [0.5, 0.6) is 0 Å². The third kappa shape index (κ3) is 5.45. The maximum atomic E-state index is 12.1. The van der Waals surface area contributed by atoms with Crippen molar-refractivity contribution in [3.8, 4) is 0 Å². The van der Waals surface area contributed by atoms with Crippen LogP contribution in [-0.4, -0.2) is 28.2 Å². The summed E-state index contributed by atoms with van der Waals surface area (Å²) in [6, 6.07) is 28.8. The number of benzene rings is 3. The number of hydrogen-bond acceptors (Lipinski definition) is 2. The minimum absolute atomic E-state index is 0.124. The Morgan fingerprint density at radius 3 is 1.97 bits per heavy atom. The SMILES string of the molecule is CCCCc1ccc(NC(=S)N2CCC(C(O)(c3ccccc3)c3ccccc3)CC2)cc1. The second kappa shape index (κ2) is 11.0. The zero-order valence-corrected chi connectivity index (χ0v) is 20.2. The summed E-state index contributed by atoms with van der Waals surface area (Å²) in [6.07, 6.45) is 5.30. The molecule has 3 aromatic rings. The molecule has 1 aliphatic rings. The maximum absolute atomic E-state index is 12.1. The highest BCUT2D eigenvalue weighted by Gasteiger charge is 2.41. The van der Waals surface area contributed by atoms with E-state index in [1.54, 1.807) is 0 Å². The number of anilines is 1. The quantitative estimate of drug-likeness (QED) is 0.403. The van der Waals surface area contributed by atoms with Crippen molar-refractivity contribution in [3.05, 3.63) is 102 Å². The first-order chi connectivity index (χ1) is 16.1. The van der Waals surface area contributed by atoms with Crippen molar-refractivity contribution >= 4 is 23.0 Å². The molecule has 3 aromatic carbocycles. The molecular weight excluding hydrogens is 424 g/mol. The maximum Gasteiger partial charge on any atom is 0.173 e. The molecule has 172 valence electrons. The van der Waals surface area contributed by atoms with Gasteiger partial charge in [0, 0.05) is 18.8 Å². The van der Waals surface area contributed by atoms with Gasteiger partial charge in [-0.05, 0) is 72.6 Å². The third-order valence-corrected chi connectivity index (χ3v) is 7.19. The summed E-state index contributed by atoms with van der Waals surface area (Å²) in [5.41, 5.74) is 3.32. The van der Waals surface area contributed by atoms with E-state index in [9.17, 15) is 5.11 Å². The Bertz CT molecular complexity index is 973. The normalized spacial score (nSPS) is 14.8. The molecule has 2 N–H and O–H groups in total. The van der Waals surface area contributed by atoms with Gasteiger partial charge in [-0.3, -0.25) is 0 Å². The fourth-order valence-corrected chi connectivity index (χ4v) is 5.16. The van der Waals surface area contributed by atoms with Crippen LogP contribution in [0.25, 0.3) is 0 Å². The first-order valence-electron chi connectivity index (χ1n) is 12.1. The lowest BCUT2D eigenvalue weighted by molar-refractivity contribution is -0.00631. The molecule has 1 aliphatic heterocycles. The topological polar surface area (TPSA) is 35.5 Å². The van der Waals surface area contributed by atoms with Crippen LogP contribution in [0.2, 0.25) is 0 Å². The van der Waals surface area contributed by atoms with E-state index in [-0.39, 0.29) is 5.92 Å². The fraction of sp³-hybridized carbons (Fsp3) is 0.345. The Morgan fingerprint density at radius 2 is 1.45 bits per heavy atom. The number of aryl methyl sites for hydroxylation is 1. The lowest BCUT2D eigenvalue weighted by Gasteiger charge is -2.43. The van der Waals surface area contributed by atoms with Gasteiger partial charge in [0.1, 0.15) is 5.60 Å². The monoisotopic (exact) mass is 458 g/mol. The Hall–Kier alpha value is -2.69. The van der Waals surface area contributed by atoms with Crippen molar-refractivity contribution in [1.82, 2.24) is 4.90 Å². The number of aliphatic hydroxyl groups is 1.